The molecule has 170 valence electrons. The predicted octanol–water partition coefficient (Wildman–Crippen LogP) is 2.86. The van der Waals surface area contributed by atoms with Gasteiger partial charge in [-0.2, -0.15) is 4.72 Å². The van der Waals surface area contributed by atoms with Crippen molar-refractivity contribution in [1.29, 1.82) is 0 Å². The first-order valence-electron chi connectivity index (χ1n) is 9.58. The number of ether oxygens (including phenoxy) is 1. The highest BCUT2D eigenvalue weighted by atomic mass is 32.2. The standard InChI is InChI=1S/C23H19FN2O5S2/c1-2-13-25-33(29,30)19-11-7-17(8-12-19)23(28)31-15-21(27)26-22(20-4-3-14-32-20)16-5-9-18(24)10-6-16/h1,3-12,14,22,25H,13,15H2,(H,26,27). The fourth-order valence-corrected chi connectivity index (χ4v) is 4.57. The summed E-state index contributed by atoms with van der Waals surface area (Å²) in [5.41, 5.74) is 0.751. The van der Waals surface area contributed by atoms with Crippen LogP contribution in [0.5, 0.6) is 0 Å². The Labute approximate surface area is 194 Å². The van der Waals surface area contributed by atoms with Crippen molar-refractivity contribution in [2.75, 3.05) is 13.2 Å². The fraction of sp³-hybridized carbons (Fsp3) is 0.130. The van der Waals surface area contributed by atoms with Gasteiger partial charge in [0.25, 0.3) is 5.91 Å². The molecule has 2 N–H and O–H groups in total. The second kappa shape index (κ2) is 10.9. The van der Waals surface area contributed by atoms with Crippen LogP contribution in [0.1, 0.15) is 26.8 Å². The summed E-state index contributed by atoms with van der Waals surface area (Å²) in [6.07, 6.45) is 5.05. The minimum absolute atomic E-state index is 0.0647. The number of halogens is 1. The summed E-state index contributed by atoms with van der Waals surface area (Å²) in [6.45, 7) is -0.711. The van der Waals surface area contributed by atoms with Gasteiger partial charge in [0.05, 0.1) is 23.0 Å². The van der Waals surface area contributed by atoms with Crippen LogP contribution in [0.4, 0.5) is 4.39 Å². The quantitative estimate of drug-likeness (QED) is 0.358. The summed E-state index contributed by atoms with van der Waals surface area (Å²) in [4.78, 5) is 25.5. The maximum Gasteiger partial charge on any atom is 0.338 e. The van der Waals surface area contributed by atoms with Gasteiger partial charge in [-0.15, -0.1) is 17.8 Å². The van der Waals surface area contributed by atoms with Crippen LogP contribution in [0, 0.1) is 18.2 Å². The summed E-state index contributed by atoms with van der Waals surface area (Å²) < 4.78 is 44.6. The number of carbonyl (C=O) groups excluding carboxylic acids is 2. The Kier molecular flexibility index (Phi) is 7.95. The number of rotatable bonds is 9. The molecule has 0 aliphatic rings. The summed E-state index contributed by atoms with van der Waals surface area (Å²) >= 11 is 1.42. The van der Waals surface area contributed by atoms with Gasteiger partial charge in [-0.1, -0.05) is 24.1 Å². The van der Waals surface area contributed by atoms with E-state index in [0.29, 0.717) is 5.56 Å². The molecule has 0 aliphatic carbocycles. The van der Waals surface area contributed by atoms with Gasteiger partial charge in [-0.25, -0.2) is 17.6 Å². The zero-order chi connectivity index (χ0) is 23.8. The van der Waals surface area contributed by atoms with Crippen molar-refractivity contribution in [3.05, 3.63) is 87.9 Å². The summed E-state index contributed by atoms with van der Waals surface area (Å²) in [7, 11) is -3.79. The first kappa shape index (κ1) is 24.1. The van der Waals surface area contributed by atoms with Gasteiger partial charge in [-0.3, -0.25) is 4.79 Å². The monoisotopic (exact) mass is 486 g/mol. The molecule has 1 aromatic heterocycles. The molecule has 33 heavy (non-hydrogen) atoms. The lowest BCUT2D eigenvalue weighted by atomic mass is 10.1. The lowest BCUT2D eigenvalue weighted by Gasteiger charge is -2.18. The number of amides is 1. The molecule has 3 rings (SSSR count). The van der Waals surface area contributed by atoms with E-state index < -0.39 is 40.4 Å². The molecule has 10 heteroatoms. The maximum atomic E-state index is 13.3. The van der Waals surface area contributed by atoms with E-state index in [0.717, 1.165) is 4.88 Å². The molecule has 1 atom stereocenters. The second-order valence-corrected chi connectivity index (χ2v) is 9.44. The first-order chi connectivity index (χ1) is 15.8. The normalized spacial score (nSPS) is 11.9. The van der Waals surface area contributed by atoms with Crippen molar-refractivity contribution in [3.63, 3.8) is 0 Å². The van der Waals surface area contributed by atoms with E-state index in [1.54, 1.807) is 12.1 Å². The topological polar surface area (TPSA) is 102 Å². The Morgan fingerprint density at radius 3 is 2.39 bits per heavy atom. The van der Waals surface area contributed by atoms with Crippen molar-refractivity contribution in [2.24, 2.45) is 0 Å². The third-order valence-electron chi connectivity index (χ3n) is 4.44. The largest absolute Gasteiger partial charge is 0.452 e. The Hall–Kier alpha value is -3.52. The molecule has 1 unspecified atom stereocenters. The van der Waals surface area contributed by atoms with Crippen LogP contribution < -0.4 is 10.0 Å². The van der Waals surface area contributed by atoms with Crippen molar-refractivity contribution in [2.45, 2.75) is 10.9 Å². The van der Waals surface area contributed by atoms with Gasteiger partial charge < -0.3 is 10.1 Å². The summed E-state index contributed by atoms with van der Waals surface area (Å²) in [5.74, 6) is 0.430. The number of benzene rings is 2. The van der Waals surface area contributed by atoms with Crippen molar-refractivity contribution in [3.8, 4) is 12.3 Å². The maximum absolute atomic E-state index is 13.3. The van der Waals surface area contributed by atoms with Gasteiger partial charge in [0.2, 0.25) is 10.0 Å². The lowest BCUT2D eigenvalue weighted by molar-refractivity contribution is -0.124. The number of esters is 1. The van der Waals surface area contributed by atoms with Gasteiger partial charge in [0.15, 0.2) is 6.61 Å². The van der Waals surface area contributed by atoms with Crippen LogP contribution in [0.3, 0.4) is 0 Å². The number of hydrogen-bond donors (Lipinski definition) is 2. The van der Waals surface area contributed by atoms with Crippen molar-refractivity contribution < 1.29 is 27.1 Å². The minimum Gasteiger partial charge on any atom is -0.452 e. The number of carbonyl (C=O) groups is 2. The third kappa shape index (κ3) is 6.49. The van der Waals surface area contributed by atoms with E-state index in [9.17, 15) is 22.4 Å². The van der Waals surface area contributed by atoms with Crippen LogP contribution in [-0.4, -0.2) is 33.4 Å². The van der Waals surface area contributed by atoms with Gasteiger partial charge in [0.1, 0.15) is 5.82 Å². The predicted molar refractivity (Wildman–Crippen MR) is 121 cm³/mol. The zero-order valence-electron chi connectivity index (χ0n) is 17.2. The molecule has 0 fully saturated rings. The zero-order valence-corrected chi connectivity index (χ0v) is 18.8. The van der Waals surface area contributed by atoms with E-state index in [1.165, 1.54) is 47.7 Å². The van der Waals surface area contributed by atoms with Crippen LogP contribution in [0.2, 0.25) is 0 Å². The molecule has 0 radical (unpaired) electrons. The molecule has 7 nitrogen and oxygen atoms in total. The average molecular weight is 487 g/mol. The third-order valence-corrected chi connectivity index (χ3v) is 6.79. The Morgan fingerprint density at radius 2 is 1.79 bits per heavy atom. The first-order valence-corrected chi connectivity index (χ1v) is 11.9. The number of terminal acetylenes is 1. The molecule has 1 amide bonds. The molecule has 0 bridgehead atoms. The van der Waals surface area contributed by atoms with Gasteiger partial charge in [0, 0.05) is 4.88 Å². The molecule has 3 aromatic rings. The van der Waals surface area contributed by atoms with Crippen molar-refractivity contribution >= 4 is 33.2 Å². The van der Waals surface area contributed by atoms with E-state index >= 15 is 0 Å². The fourth-order valence-electron chi connectivity index (χ4n) is 2.84. The number of thiophene rings is 1. The Balaban J connectivity index is 1.62. The van der Waals surface area contributed by atoms with E-state index in [2.05, 4.69) is 16.0 Å². The van der Waals surface area contributed by atoms with E-state index in [-0.39, 0.29) is 17.0 Å². The van der Waals surface area contributed by atoms with Crippen LogP contribution >= 0.6 is 11.3 Å². The van der Waals surface area contributed by atoms with Gasteiger partial charge >= 0.3 is 5.97 Å². The van der Waals surface area contributed by atoms with E-state index in [4.69, 9.17) is 11.2 Å². The van der Waals surface area contributed by atoms with E-state index in [1.807, 2.05) is 17.5 Å². The SMILES string of the molecule is C#CCNS(=O)(=O)c1ccc(C(=O)OCC(=O)NC(c2ccc(F)cc2)c2cccs2)cc1. The average Bonchev–Trinajstić information content (AvgIpc) is 3.35. The van der Waals surface area contributed by atoms with Crippen LogP contribution in [-0.2, 0) is 19.6 Å². The second-order valence-electron chi connectivity index (χ2n) is 6.70. The van der Waals surface area contributed by atoms with Crippen LogP contribution in [0.15, 0.2) is 70.9 Å². The highest BCUT2D eigenvalue weighted by Crippen LogP contribution is 2.26. The minimum atomic E-state index is -3.79. The highest BCUT2D eigenvalue weighted by Gasteiger charge is 2.20. The molecule has 2 aromatic carbocycles. The molecule has 0 saturated carbocycles. The van der Waals surface area contributed by atoms with Gasteiger partial charge in [-0.05, 0) is 53.4 Å². The Bertz CT molecular complexity index is 1250. The molecule has 0 aliphatic heterocycles. The molecule has 1 heterocycles. The molecule has 0 spiro atoms. The highest BCUT2D eigenvalue weighted by molar-refractivity contribution is 7.89. The number of hydrogen-bond acceptors (Lipinski definition) is 6. The molecule has 0 saturated heterocycles. The summed E-state index contributed by atoms with van der Waals surface area (Å²) in [5, 5.41) is 4.63. The smallest absolute Gasteiger partial charge is 0.338 e. The summed E-state index contributed by atoms with van der Waals surface area (Å²) in [6, 6.07) is 13.9. The van der Waals surface area contributed by atoms with Crippen molar-refractivity contribution in [1.82, 2.24) is 10.0 Å². The number of nitrogens with one attached hydrogen (secondary N) is 2. The molecular formula is C23H19FN2O5S2. The lowest BCUT2D eigenvalue weighted by Crippen LogP contribution is -2.32. The molecular weight excluding hydrogens is 467 g/mol. The Morgan fingerprint density at radius 1 is 1.09 bits per heavy atom. The number of sulfonamides is 1. The van der Waals surface area contributed by atoms with Crippen LogP contribution in [0.25, 0.3) is 0 Å².